The molecule has 0 fully saturated rings. The van der Waals surface area contributed by atoms with Gasteiger partial charge in [-0.3, -0.25) is 13.9 Å². The van der Waals surface area contributed by atoms with E-state index in [1.165, 1.54) is 86.9 Å². The van der Waals surface area contributed by atoms with Crippen molar-refractivity contribution in [2.24, 2.45) is 0 Å². The lowest BCUT2D eigenvalue weighted by molar-refractivity contribution is 0.0940. The average molecular weight is 621 g/mol. The Morgan fingerprint density at radius 3 is 2.20 bits per heavy atom. The van der Waals surface area contributed by atoms with Crippen LogP contribution in [0.25, 0.3) is 33.6 Å². The number of pyridine rings is 1. The zero-order chi connectivity index (χ0) is 31.8. The molecule has 0 radical (unpaired) electrons. The van der Waals surface area contributed by atoms with E-state index in [0.717, 1.165) is 10.6 Å². The first-order valence-electron chi connectivity index (χ1n) is 13.1. The number of anilines is 1. The number of nitrogens with one attached hydrogen (secondary N) is 2. The van der Waals surface area contributed by atoms with Crippen molar-refractivity contribution in [2.75, 3.05) is 24.7 Å². The highest BCUT2D eigenvalue weighted by Crippen LogP contribution is 2.41. The number of carbonyl (C=O) groups is 2. The molecule has 0 saturated carbocycles. The van der Waals surface area contributed by atoms with Gasteiger partial charge in [0.1, 0.15) is 28.7 Å². The lowest BCUT2D eigenvalue weighted by Gasteiger charge is -2.20. The molecule has 3 N–H and O–H groups in total. The van der Waals surface area contributed by atoms with Crippen molar-refractivity contribution in [1.29, 1.82) is 0 Å². The van der Waals surface area contributed by atoms with Crippen LogP contribution >= 0.6 is 0 Å². The third-order valence-electron chi connectivity index (χ3n) is 6.93. The van der Waals surface area contributed by atoms with Crippen LogP contribution in [0, 0.1) is 11.6 Å². The number of aromatic nitrogens is 1. The summed E-state index contributed by atoms with van der Waals surface area (Å²) in [5.74, 6) is -2.47. The fourth-order valence-electron chi connectivity index (χ4n) is 4.57. The smallest absolute Gasteiger partial charge is 0.274 e. The minimum absolute atomic E-state index is 0.0230. The van der Waals surface area contributed by atoms with Crippen LogP contribution in [0.3, 0.4) is 0 Å². The molecule has 44 heavy (non-hydrogen) atoms. The molecular formula is C31H26F2N4O6S. The summed E-state index contributed by atoms with van der Waals surface area (Å²) in [6.45, 7) is 0.0230. The van der Waals surface area contributed by atoms with E-state index in [4.69, 9.17) is 4.42 Å². The first kappa shape index (κ1) is 30.2. The van der Waals surface area contributed by atoms with Crippen LogP contribution in [-0.4, -0.2) is 50.7 Å². The van der Waals surface area contributed by atoms with Gasteiger partial charge in [0.25, 0.3) is 11.8 Å². The van der Waals surface area contributed by atoms with Crippen LogP contribution in [0.5, 0.6) is 5.75 Å². The molecule has 2 amide bonds. The number of carbonyl (C=O) groups excluding carboxylic acids is 2. The summed E-state index contributed by atoms with van der Waals surface area (Å²) in [4.78, 5) is 30.5. The Kier molecular flexibility index (Phi) is 8.07. The summed E-state index contributed by atoms with van der Waals surface area (Å²) in [7, 11) is -1.07. The second-order valence-electron chi connectivity index (χ2n) is 9.86. The van der Waals surface area contributed by atoms with E-state index in [0.29, 0.717) is 16.5 Å². The average Bonchev–Trinajstić information content (AvgIpc) is 3.37. The van der Waals surface area contributed by atoms with Crippen molar-refractivity contribution in [3.05, 3.63) is 101 Å². The van der Waals surface area contributed by atoms with Crippen LogP contribution in [-0.2, 0) is 16.6 Å². The zero-order valence-electron chi connectivity index (χ0n) is 23.7. The molecule has 0 spiro atoms. The SMILES string of the molecule is CNC(=O)c1c(-c2ccc(F)cc2)oc2cc(N(C)S(C)(=O)=O)c(-c3ccc(O)c(C(=O)NCc4ccc(F)cc4)n3)cc12. The molecule has 5 aromatic rings. The number of fused-ring (bicyclic) bond motifs is 1. The molecule has 2 aromatic heterocycles. The fraction of sp³-hybridized carbons (Fsp3) is 0.129. The third kappa shape index (κ3) is 5.95. The van der Waals surface area contributed by atoms with E-state index in [9.17, 15) is 31.9 Å². The molecule has 0 bridgehead atoms. The lowest BCUT2D eigenvalue weighted by atomic mass is 10.0. The molecule has 3 aromatic carbocycles. The van der Waals surface area contributed by atoms with Crippen LogP contribution < -0.4 is 14.9 Å². The third-order valence-corrected chi connectivity index (χ3v) is 8.13. The van der Waals surface area contributed by atoms with Crippen LogP contribution in [0.15, 0.2) is 77.2 Å². The first-order valence-corrected chi connectivity index (χ1v) is 15.0. The van der Waals surface area contributed by atoms with Gasteiger partial charge in [0.15, 0.2) is 5.69 Å². The zero-order valence-corrected chi connectivity index (χ0v) is 24.5. The number of hydrogen-bond acceptors (Lipinski definition) is 7. The van der Waals surface area contributed by atoms with E-state index < -0.39 is 39.2 Å². The predicted molar refractivity (Wildman–Crippen MR) is 161 cm³/mol. The van der Waals surface area contributed by atoms with Crippen molar-refractivity contribution in [1.82, 2.24) is 15.6 Å². The molecule has 0 atom stereocenters. The molecule has 0 aliphatic rings. The minimum Gasteiger partial charge on any atom is -0.505 e. The van der Waals surface area contributed by atoms with Gasteiger partial charge in [-0.05, 0) is 60.2 Å². The topological polar surface area (TPSA) is 142 Å². The summed E-state index contributed by atoms with van der Waals surface area (Å²) < 4.78 is 59.2. The van der Waals surface area contributed by atoms with Gasteiger partial charge >= 0.3 is 0 Å². The highest BCUT2D eigenvalue weighted by atomic mass is 32.2. The van der Waals surface area contributed by atoms with Crippen molar-refractivity contribution in [3.63, 3.8) is 0 Å². The molecule has 0 aliphatic heterocycles. The molecule has 0 saturated heterocycles. The molecular weight excluding hydrogens is 594 g/mol. The Morgan fingerprint density at radius 1 is 0.955 bits per heavy atom. The van der Waals surface area contributed by atoms with E-state index in [1.54, 1.807) is 0 Å². The van der Waals surface area contributed by atoms with E-state index >= 15 is 0 Å². The highest BCUT2D eigenvalue weighted by molar-refractivity contribution is 7.92. The molecule has 0 unspecified atom stereocenters. The van der Waals surface area contributed by atoms with E-state index in [1.807, 2.05) is 0 Å². The first-order chi connectivity index (χ1) is 20.9. The van der Waals surface area contributed by atoms with Gasteiger partial charge in [0.05, 0.1) is 23.2 Å². The Hall–Kier alpha value is -5.30. The Bertz CT molecular complexity index is 2010. The number of sulfonamides is 1. The number of furan rings is 1. The number of nitrogens with zero attached hydrogens (tertiary/aromatic N) is 2. The number of benzene rings is 3. The summed E-state index contributed by atoms with van der Waals surface area (Å²) in [5.41, 5.74) is 1.36. The van der Waals surface area contributed by atoms with Gasteiger partial charge in [-0.15, -0.1) is 0 Å². The summed E-state index contributed by atoms with van der Waals surface area (Å²) in [6.07, 6.45) is 1.00. The van der Waals surface area contributed by atoms with Crippen molar-refractivity contribution in [2.45, 2.75) is 6.54 Å². The molecule has 5 rings (SSSR count). The van der Waals surface area contributed by atoms with Gasteiger partial charge in [-0.1, -0.05) is 12.1 Å². The highest BCUT2D eigenvalue weighted by Gasteiger charge is 2.27. The summed E-state index contributed by atoms with van der Waals surface area (Å²) in [5, 5.41) is 16.0. The van der Waals surface area contributed by atoms with Gasteiger partial charge in [-0.2, -0.15) is 0 Å². The second-order valence-corrected chi connectivity index (χ2v) is 11.9. The van der Waals surface area contributed by atoms with Crippen LogP contribution in [0.2, 0.25) is 0 Å². The number of rotatable bonds is 8. The molecule has 226 valence electrons. The van der Waals surface area contributed by atoms with Crippen molar-refractivity contribution < 1.29 is 36.3 Å². The van der Waals surface area contributed by atoms with Gasteiger partial charge in [0, 0.05) is 43.2 Å². The largest absolute Gasteiger partial charge is 0.505 e. The summed E-state index contributed by atoms with van der Waals surface area (Å²) >= 11 is 0. The van der Waals surface area contributed by atoms with Crippen molar-refractivity contribution in [3.8, 4) is 28.3 Å². The number of aromatic hydroxyl groups is 1. The molecule has 0 aliphatic carbocycles. The second kappa shape index (κ2) is 11.8. The Labute approximate surface area is 251 Å². The molecule has 2 heterocycles. The molecule has 13 heteroatoms. The number of hydrogen-bond donors (Lipinski definition) is 3. The minimum atomic E-state index is -3.83. The van der Waals surface area contributed by atoms with Crippen molar-refractivity contribution >= 4 is 38.5 Å². The van der Waals surface area contributed by atoms with E-state index in [2.05, 4.69) is 15.6 Å². The van der Waals surface area contributed by atoms with Gasteiger partial charge in [-0.25, -0.2) is 22.2 Å². The monoisotopic (exact) mass is 620 g/mol. The van der Waals surface area contributed by atoms with Crippen LogP contribution in [0.1, 0.15) is 26.4 Å². The maximum absolute atomic E-state index is 13.7. The van der Waals surface area contributed by atoms with Gasteiger partial charge < -0.3 is 20.2 Å². The summed E-state index contributed by atoms with van der Waals surface area (Å²) in [6, 6.07) is 16.4. The maximum atomic E-state index is 13.7. The normalized spacial score (nSPS) is 11.4. The quantitative estimate of drug-likeness (QED) is 0.226. The fourth-order valence-corrected chi connectivity index (χ4v) is 5.08. The lowest BCUT2D eigenvalue weighted by Crippen LogP contribution is -2.26. The predicted octanol–water partition coefficient (Wildman–Crippen LogP) is 4.83. The Morgan fingerprint density at radius 2 is 1.59 bits per heavy atom. The van der Waals surface area contributed by atoms with E-state index in [-0.39, 0.29) is 46.1 Å². The standard InChI is InChI=1S/C31H26F2N4O6S/c1-34-30(39)27-22-14-21(23-12-13-25(38)28(36-23)31(40)35-16-17-4-8-19(32)9-5-17)24(37(2)44(3,41)42)15-26(22)43-29(27)18-6-10-20(33)11-7-18/h4-15,38H,16H2,1-3H3,(H,34,39)(H,35,40). The van der Waals surface area contributed by atoms with Gasteiger partial charge in [0.2, 0.25) is 10.0 Å². The molecule has 10 nitrogen and oxygen atoms in total. The maximum Gasteiger partial charge on any atom is 0.274 e. The number of amides is 2. The van der Waals surface area contributed by atoms with Crippen LogP contribution in [0.4, 0.5) is 14.5 Å². The number of halogens is 2. The Balaban J connectivity index is 1.67.